The number of likely N-dealkylation sites (tertiary alicyclic amines) is 1. The number of nitrogens with zero attached hydrogens (tertiary/aromatic N) is 4. The predicted molar refractivity (Wildman–Crippen MR) is 95.3 cm³/mol. The molecule has 3 rings (SSSR count). The van der Waals surface area contributed by atoms with Gasteiger partial charge >= 0.3 is 0 Å². The third-order valence-electron chi connectivity index (χ3n) is 3.95. The van der Waals surface area contributed by atoms with Crippen molar-refractivity contribution in [3.05, 3.63) is 35.1 Å². The Labute approximate surface area is 146 Å². The molecule has 7 heteroatoms. The average Bonchev–Trinajstić information content (AvgIpc) is 2.97. The van der Waals surface area contributed by atoms with Gasteiger partial charge in [0.05, 0.1) is 6.54 Å². The van der Waals surface area contributed by atoms with Crippen LogP contribution in [0.25, 0.3) is 5.69 Å². The zero-order valence-corrected chi connectivity index (χ0v) is 14.7. The first kappa shape index (κ1) is 16.8. The van der Waals surface area contributed by atoms with Crippen LogP contribution in [0.1, 0.15) is 25.1 Å². The van der Waals surface area contributed by atoms with Crippen LogP contribution in [0.4, 0.5) is 0 Å². The quantitative estimate of drug-likeness (QED) is 0.811. The van der Waals surface area contributed by atoms with Crippen LogP contribution in [0.2, 0.25) is 5.02 Å². The lowest BCUT2D eigenvalue weighted by molar-refractivity contribution is 0.214. The van der Waals surface area contributed by atoms with Gasteiger partial charge in [0.1, 0.15) is 0 Å². The summed E-state index contributed by atoms with van der Waals surface area (Å²) >= 11 is 7.66. The molecule has 0 unspecified atom stereocenters. The van der Waals surface area contributed by atoms with Gasteiger partial charge < -0.3 is 5.73 Å². The number of nitrogens with two attached hydrogens (primary N) is 1. The lowest BCUT2D eigenvalue weighted by atomic mass is 10.1. The van der Waals surface area contributed by atoms with Gasteiger partial charge in [-0.2, -0.15) is 0 Å². The summed E-state index contributed by atoms with van der Waals surface area (Å²) in [4.78, 5) is 2.46. The summed E-state index contributed by atoms with van der Waals surface area (Å²) in [5.74, 6) is 1.81. The summed E-state index contributed by atoms with van der Waals surface area (Å²) in [6, 6.07) is 7.83. The molecule has 0 saturated carbocycles. The zero-order valence-electron chi connectivity index (χ0n) is 13.1. The van der Waals surface area contributed by atoms with Crippen molar-refractivity contribution in [3.8, 4) is 5.69 Å². The maximum absolute atomic E-state index is 6.02. The van der Waals surface area contributed by atoms with Crippen LogP contribution in [0, 0.1) is 0 Å². The second-order valence-electron chi connectivity index (χ2n) is 5.68. The van der Waals surface area contributed by atoms with Crippen LogP contribution < -0.4 is 5.73 Å². The molecule has 124 valence electrons. The maximum Gasteiger partial charge on any atom is 0.195 e. The van der Waals surface area contributed by atoms with Gasteiger partial charge in [-0.3, -0.25) is 9.47 Å². The molecule has 0 atom stereocenters. The van der Waals surface area contributed by atoms with Gasteiger partial charge in [-0.25, -0.2) is 0 Å². The Morgan fingerprint density at radius 3 is 2.52 bits per heavy atom. The average molecular weight is 352 g/mol. The highest BCUT2D eigenvalue weighted by atomic mass is 35.5. The van der Waals surface area contributed by atoms with Crippen molar-refractivity contribution in [2.75, 3.05) is 25.4 Å². The maximum atomic E-state index is 6.02. The highest BCUT2D eigenvalue weighted by Gasteiger charge is 2.18. The van der Waals surface area contributed by atoms with E-state index in [4.69, 9.17) is 17.3 Å². The molecule has 5 nitrogen and oxygen atoms in total. The van der Waals surface area contributed by atoms with Crippen molar-refractivity contribution in [2.24, 2.45) is 5.73 Å². The first-order valence-electron chi connectivity index (χ1n) is 8.03. The second kappa shape index (κ2) is 8.15. The first-order chi connectivity index (χ1) is 11.3. The first-order valence-corrected chi connectivity index (χ1v) is 9.40. The lowest BCUT2D eigenvalue weighted by Crippen LogP contribution is -2.30. The van der Waals surface area contributed by atoms with Crippen molar-refractivity contribution in [2.45, 2.75) is 31.0 Å². The number of hydrogen-bond acceptors (Lipinski definition) is 5. The van der Waals surface area contributed by atoms with Gasteiger partial charge in [-0.15, -0.1) is 10.2 Å². The summed E-state index contributed by atoms with van der Waals surface area (Å²) in [6.45, 7) is 3.73. The Bertz CT molecular complexity index is 622. The van der Waals surface area contributed by atoms with E-state index in [0.29, 0.717) is 6.54 Å². The Hall–Kier alpha value is -1.08. The molecule has 1 aromatic heterocycles. The molecule has 1 saturated heterocycles. The number of aromatic nitrogens is 3. The van der Waals surface area contributed by atoms with Crippen molar-refractivity contribution >= 4 is 23.4 Å². The van der Waals surface area contributed by atoms with Gasteiger partial charge in [0, 0.05) is 23.0 Å². The van der Waals surface area contributed by atoms with E-state index >= 15 is 0 Å². The van der Waals surface area contributed by atoms with E-state index in [1.807, 2.05) is 24.3 Å². The normalized spacial score (nSPS) is 15.9. The highest BCUT2D eigenvalue weighted by molar-refractivity contribution is 7.99. The van der Waals surface area contributed by atoms with Crippen LogP contribution in [0.15, 0.2) is 29.4 Å². The van der Waals surface area contributed by atoms with E-state index in [1.165, 1.54) is 19.3 Å². The molecule has 1 fully saturated rings. The molecule has 1 aromatic carbocycles. The molecule has 0 radical (unpaired) electrons. The third kappa shape index (κ3) is 4.26. The fraction of sp³-hybridized carbons (Fsp3) is 0.500. The summed E-state index contributed by atoms with van der Waals surface area (Å²) in [7, 11) is 0. The largest absolute Gasteiger partial charge is 0.330 e. The molecule has 0 amide bonds. The smallest absolute Gasteiger partial charge is 0.195 e. The van der Waals surface area contributed by atoms with Gasteiger partial charge in [-0.1, -0.05) is 29.8 Å². The van der Waals surface area contributed by atoms with E-state index in [9.17, 15) is 0 Å². The minimum Gasteiger partial charge on any atom is -0.330 e. The molecular weight excluding hydrogens is 330 g/mol. The molecule has 2 aromatic rings. The molecule has 23 heavy (non-hydrogen) atoms. The number of benzene rings is 1. The van der Waals surface area contributed by atoms with Crippen molar-refractivity contribution < 1.29 is 0 Å². The predicted octanol–water partition coefficient (Wildman–Crippen LogP) is 2.96. The van der Waals surface area contributed by atoms with Crippen molar-refractivity contribution in [3.63, 3.8) is 0 Å². The summed E-state index contributed by atoms with van der Waals surface area (Å²) < 4.78 is 2.13. The lowest BCUT2D eigenvalue weighted by Gasteiger charge is -2.26. The minimum absolute atomic E-state index is 0.625. The zero-order chi connectivity index (χ0) is 16.1. The Morgan fingerprint density at radius 1 is 1.09 bits per heavy atom. The molecule has 0 aliphatic carbocycles. The number of rotatable bonds is 6. The number of thioether (sulfide) groups is 1. The van der Waals surface area contributed by atoms with E-state index in [-0.39, 0.29) is 0 Å². The molecule has 2 N–H and O–H groups in total. The molecule has 2 heterocycles. The van der Waals surface area contributed by atoms with Gasteiger partial charge in [-0.05, 0) is 50.2 Å². The van der Waals surface area contributed by atoms with Crippen LogP contribution in [-0.4, -0.2) is 45.1 Å². The third-order valence-corrected chi connectivity index (χ3v) is 5.16. The van der Waals surface area contributed by atoms with Crippen LogP contribution in [0.3, 0.4) is 0 Å². The van der Waals surface area contributed by atoms with Crippen molar-refractivity contribution in [1.82, 2.24) is 19.7 Å². The fourth-order valence-electron chi connectivity index (χ4n) is 2.81. The number of halogens is 1. The van der Waals surface area contributed by atoms with Crippen LogP contribution >= 0.6 is 23.4 Å². The van der Waals surface area contributed by atoms with Crippen LogP contribution in [0.5, 0.6) is 0 Å². The number of piperidine rings is 1. The monoisotopic (exact) mass is 351 g/mol. The molecule has 1 aliphatic rings. The second-order valence-corrected chi connectivity index (χ2v) is 7.18. The Kier molecular flexibility index (Phi) is 5.94. The van der Waals surface area contributed by atoms with E-state index < -0.39 is 0 Å². The molecule has 1 aliphatic heterocycles. The standard InChI is InChI=1S/C16H22ClN5S/c17-13-4-6-14(7-5-13)22-15(12-21-9-2-1-3-10-21)19-20-16(22)23-11-8-18/h4-7H,1-3,8-12,18H2. The minimum atomic E-state index is 0.625. The van der Waals surface area contributed by atoms with Gasteiger partial charge in [0.15, 0.2) is 11.0 Å². The van der Waals surface area contributed by atoms with E-state index in [2.05, 4.69) is 19.7 Å². The number of hydrogen-bond donors (Lipinski definition) is 1. The molecular formula is C16H22ClN5S. The van der Waals surface area contributed by atoms with Gasteiger partial charge in [0.25, 0.3) is 0 Å². The summed E-state index contributed by atoms with van der Waals surface area (Å²) in [6.07, 6.45) is 3.87. The van der Waals surface area contributed by atoms with E-state index in [0.717, 1.165) is 47.1 Å². The Balaban J connectivity index is 1.88. The summed E-state index contributed by atoms with van der Waals surface area (Å²) in [5.41, 5.74) is 6.68. The van der Waals surface area contributed by atoms with Crippen molar-refractivity contribution in [1.29, 1.82) is 0 Å². The summed E-state index contributed by atoms with van der Waals surface area (Å²) in [5, 5.41) is 10.4. The molecule has 0 spiro atoms. The highest BCUT2D eigenvalue weighted by Crippen LogP contribution is 2.24. The van der Waals surface area contributed by atoms with Gasteiger partial charge in [0.2, 0.25) is 0 Å². The fourth-order valence-corrected chi connectivity index (χ4v) is 3.68. The van der Waals surface area contributed by atoms with Crippen LogP contribution in [-0.2, 0) is 6.54 Å². The topological polar surface area (TPSA) is 60.0 Å². The molecule has 0 bridgehead atoms. The van der Waals surface area contributed by atoms with E-state index in [1.54, 1.807) is 11.8 Å². The Morgan fingerprint density at radius 2 is 1.83 bits per heavy atom. The SMILES string of the molecule is NCCSc1nnc(CN2CCCCC2)n1-c1ccc(Cl)cc1.